The highest BCUT2D eigenvalue weighted by Gasteiger charge is 2.57. The Labute approximate surface area is 266 Å². The van der Waals surface area contributed by atoms with Gasteiger partial charge >= 0.3 is 13.5 Å². The maximum atomic E-state index is 15.9. The van der Waals surface area contributed by atoms with Crippen LogP contribution in [0.1, 0.15) is 0 Å². The van der Waals surface area contributed by atoms with E-state index in [2.05, 4.69) is 42.9 Å². The molecule has 7 aliphatic rings. The number of nitrogens with zero attached hydrogens (tertiary/aromatic N) is 6. The molecule has 3 fully saturated rings. The van der Waals surface area contributed by atoms with Crippen molar-refractivity contribution >= 4 is 85.7 Å². The van der Waals surface area contributed by atoms with Crippen LogP contribution >= 0.6 is 25.8 Å². The number of guanidine groups is 2. The molecule has 20 nitrogen and oxygen atoms in total. The van der Waals surface area contributed by atoms with Gasteiger partial charge in [-0.25, -0.2) is 13.3 Å². The van der Waals surface area contributed by atoms with E-state index in [1.54, 1.807) is 0 Å². The van der Waals surface area contributed by atoms with Gasteiger partial charge in [-0.2, -0.15) is 9.98 Å². The number of aliphatic imine (C=N–C) groups is 4. The summed E-state index contributed by atoms with van der Waals surface area (Å²) in [6.45, 7) is -10.6. The number of carbonyl (C=O) groups is 2. The highest BCUT2D eigenvalue weighted by molar-refractivity contribution is 8.44. The second kappa shape index (κ2) is 11.5. The minimum absolute atomic E-state index is 0.103. The molecule has 0 aromatic heterocycles. The Morgan fingerprint density at radius 2 is 1.35 bits per heavy atom. The second-order valence-electron chi connectivity index (χ2n) is 10.5. The average Bonchev–Trinajstić information content (AvgIpc) is 3.72. The minimum atomic E-state index is -4.55. The van der Waals surface area contributed by atoms with E-state index in [1.807, 2.05) is 0 Å². The summed E-state index contributed by atoms with van der Waals surface area (Å²) in [6, 6.07) is -2.37. The van der Waals surface area contributed by atoms with Crippen LogP contribution in [0, 0.1) is 10.8 Å². The van der Waals surface area contributed by atoms with E-state index in [1.165, 1.54) is 0 Å². The van der Waals surface area contributed by atoms with Gasteiger partial charge in [-0.05, 0) is 11.8 Å². The molecule has 7 heterocycles. The number of fused-ring (bicyclic) bond motifs is 6. The standard InChI is InChI=1S/C20H22F2N10O10P2S2/c21-7-5-1-37-43(35,45)41-12-8(22)6(40-18(12)32-4-26-10-14(32)28-20(24)30-16(10)34)2-38-44(36,46)42-11(7)17(39-5)31-3-25-9-13(31)27-19(23)29-15(9)33/h3-12,17-18H,1-2H2,(H,35,45)(H,36,46)(H2,23,29,33)(H2,24,30,34)/t5-,6-,7+,8+,9?,10?,11-,12-,17-,18-,43?,44?/m1/s1. The van der Waals surface area contributed by atoms with E-state index in [9.17, 15) is 19.0 Å². The molecule has 46 heavy (non-hydrogen) atoms. The molecule has 4 bridgehead atoms. The Hall–Kier alpha value is -2.63. The summed E-state index contributed by atoms with van der Waals surface area (Å²) in [5, 5.41) is 19.9. The second-order valence-corrected chi connectivity index (χ2v) is 16.1. The van der Waals surface area contributed by atoms with Crippen molar-refractivity contribution in [2.24, 2.45) is 20.0 Å². The van der Waals surface area contributed by atoms with Gasteiger partial charge in [0.15, 0.2) is 48.6 Å². The maximum absolute atomic E-state index is 15.9. The van der Waals surface area contributed by atoms with E-state index in [4.69, 9.17) is 50.2 Å². The number of hydrogen-bond acceptors (Lipinski definition) is 16. The lowest BCUT2D eigenvalue weighted by atomic mass is 10.1. The zero-order valence-electron chi connectivity index (χ0n) is 22.7. The molecule has 0 aliphatic carbocycles. The summed E-state index contributed by atoms with van der Waals surface area (Å²) in [4.78, 5) is 53.7. The van der Waals surface area contributed by atoms with E-state index in [0.29, 0.717) is 0 Å². The van der Waals surface area contributed by atoms with Gasteiger partial charge < -0.3 is 18.9 Å². The Morgan fingerprint density at radius 3 is 1.85 bits per heavy atom. The summed E-state index contributed by atoms with van der Waals surface area (Å²) >= 11 is 9.06. The van der Waals surface area contributed by atoms with Crippen molar-refractivity contribution in [2.75, 3.05) is 13.2 Å². The third kappa shape index (κ3) is 5.64. The van der Waals surface area contributed by atoms with Crippen LogP contribution in [-0.4, -0.2) is 137 Å². The molecule has 2 amide bonds. The van der Waals surface area contributed by atoms with Crippen LogP contribution in [0.5, 0.6) is 0 Å². The average molecular weight is 727 g/mol. The van der Waals surface area contributed by atoms with Gasteiger partial charge in [0.25, 0.3) is 11.8 Å². The van der Waals surface area contributed by atoms with Gasteiger partial charge in [-0.3, -0.25) is 64.4 Å². The molecule has 7 rings (SSSR count). The zero-order valence-corrected chi connectivity index (χ0v) is 26.2. The highest BCUT2D eigenvalue weighted by atomic mass is 32.7. The van der Waals surface area contributed by atoms with Gasteiger partial charge in [0.1, 0.15) is 24.4 Å². The topological polar surface area (TPSA) is 255 Å². The predicted molar refractivity (Wildman–Crippen MR) is 157 cm³/mol. The Morgan fingerprint density at radius 1 is 0.891 bits per heavy atom. The van der Waals surface area contributed by atoms with Gasteiger partial charge in [-0.1, -0.05) is 12.2 Å². The number of thiol groups is 1. The number of alkyl halides is 2. The van der Waals surface area contributed by atoms with E-state index in [-0.39, 0.29) is 11.7 Å². The smallest absolute Gasteiger partial charge is 0.346 e. The van der Waals surface area contributed by atoms with Crippen molar-refractivity contribution in [2.45, 2.75) is 61.3 Å². The van der Waals surface area contributed by atoms with Gasteiger partial charge in [0.2, 0.25) is 11.9 Å². The number of halogens is 2. The number of ether oxygens (including phenoxy) is 2. The molecule has 0 aromatic rings. The van der Waals surface area contributed by atoms with Gasteiger partial charge in [-0.15, -0.1) is 0 Å². The summed E-state index contributed by atoms with van der Waals surface area (Å²) in [5.41, 5.74) is 0. The van der Waals surface area contributed by atoms with E-state index in [0.717, 1.165) is 22.5 Å². The Balaban J connectivity index is 1.17. The summed E-state index contributed by atoms with van der Waals surface area (Å²) in [7, 11) is 0. The molecule has 7 aliphatic heterocycles. The zero-order chi connectivity index (χ0) is 32.7. The first-order chi connectivity index (χ1) is 21.7. The minimum Gasteiger partial charge on any atom is -0.346 e. The monoisotopic (exact) mass is 726 g/mol. The molecule has 248 valence electrons. The quantitative estimate of drug-likeness (QED) is 0.141. The van der Waals surface area contributed by atoms with Crippen molar-refractivity contribution in [1.82, 2.24) is 20.4 Å². The lowest BCUT2D eigenvalue weighted by Crippen LogP contribution is -2.53. The molecule has 3 saturated heterocycles. The largest absolute Gasteiger partial charge is 0.386 e. The lowest BCUT2D eigenvalue weighted by molar-refractivity contribution is -0.120. The predicted octanol–water partition coefficient (Wildman–Crippen LogP) is -1.46. The van der Waals surface area contributed by atoms with Crippen LogP contribution in [0.3, 0.4) is 0 Å². The highest BCUT2D eigenvalue weighted by Crippen LogP contribution is 2.57. The van der Waals surface area contributed by atoms with Gasteiger partial charge in [0, 0.05) is 0 Å². The molecule has 5 N–H and O–H groups in total. The molecule has 0 aromatic carbocycles. The molecule has 26 heteroatoms. The molecule has 4 unspecified atom stereocenters. The number of amidine groups is 2. The first-order valence-electron chi connectivity index (χ1n) is 13.2. The Kier molecular flexibility index (Phi) is 7.99. The third-order valence-electron chi connectivity index (χ3n) is 7.52. The fraction of sp³-hybridized carbons (Fsp3) is 0.600. The van der Waals surface area contributed by atoms with Crippen LogP contribution in [0.2, 0.25) is 0 Å². The summed E-state index contributed by atoms with van der Waals surface area (Å²) in [6.07, 6.45) is -11.8. The molecule has 12 atom stereocenters. The van der Waals surface area contributed by atoms with Gasteiger partial charge in [0.05, 0.1) is 25.9 Å². The SMILES string of the molecule is N=C1N=C2C(N=CN2[C@@H]2O[C@@H]3COP(O)(=S)O[C@@H]4[C@@H](F)[C@@H](COP(=O)(S)O[C@@H]2[C@H]3F)O[C@H]4N2C=NC3C(=O)NC(=N)N=C32)C(=O)N1. The van der Waals surface area contributed by atoms with Crippen molar-refractivity contribution < 1.29 is 55.4 Å². The van der Waals surface area contributed by atoms with Crippen LogP contribution in [0.15, 0.2) is 20.0 Å². The maximum Gasteiger partial charge on any atom is 0.386 e. The summed E-state index contributed by atoms with van der Waals surface area (Å²) < 4.78 is 78.5. The van der Waals surface area contributed by atoms with Crippen molar-refractivity contribution in [1.29, 1.82) is 10.8 Å². The molecule has 0 spiro atoms. The van der Waals surface area contributed by atoms with Crippen LogP contribution in [0.25, 0.3) is 0 Å². The van der Waals surface area contributed by atoms with Crippen molar-refractivity contribution in [3.05, 3.63) is 0 Å². The Bertz CT molecular complexity index is 1520. The van der Waals surface area contributed by atoms with Crippen LogP contribution in [-0.2, 0) is 53.5 Å². The first kappa shape index (κ1) is 31.9. The fourth-order valence-corrected chi connectivity index (χ4v) is 8.36. The molecular weight excluding hydrogens is 704 g/mol. The number of nitrogens with one attached hydrogen (secondary N) is 4. The third-order valence-corrected chi connectivity index (χ3v) is 10.7. The number of carbonyl (C=O) groups excluding carboxylic acids is 2. The number of hydrogen-bond donors (Lipinski definition) is 6. The molecule has 0 saturated carbocycles. The van der Waals surface area contributed by atoms with E-state index >= 15 is 8.78 Å². The fourth-order valence-electron chi connectivity index (χ4n) is 5.50. The molecular formula is C20H22F2N10O10P2S2. The number of amides is 2. The molecule has 0 radical (unpaired) electrons. The lowest BCUT2D eigenvalue weighted by Gasteiger charge is -2.31. The van der Waals surface area contributed by atoms with E-state index < -0.39 is 112 Å². The normalized spacial score (nSPS) is 45.6. The van der Waals surface area contributed by atoms with Crippen LogP contribution < -0.4 is 10.6 Å². The number of rotatable bonds is 2. The van der Waals surface area contributed by atoms with Crippen molar-refractivity contribution in [3.8, 4) is 0 Å². The van der Waals surface area contributed by atoms with Crippen molar-refractivity contribution in [3.63, 3.8) is 0 Å². The summed E-state index contributed by atoms with van der Waals surface area (Å²) in [5.74, 6) is -2.59. The first-order valence-corrected chi connectivity index (χ1v) is 18.5. The van der Waals surface area contributed by atoms with Crippen LogP contribution in [0.4, 0.5) is 8.78 Å².